The van der Waals surface area contributed by atoms with E-state index in [4.69, 9.17) is 4.42 Å². The van der Waals surface area contributed by atoms with Crippen molar-refractivity contribution in [2.45, 2.75) is 19.8 Å². The molecule has 2 aromatic rings. The lowest BCUT2D eigenvalue weighted by Gasteiger charge is -2.31. The molecule has 0 aromatic carbocycles. The number of hydrogen-bond donors (Lipinski definition) is 1. The number of nitrogens with one attached hydrogen (secondary N) is 1. The Hall–Kier alpha value is -2.63. The van der Waals surface area contributed by atoms with Gasteiger partial charge in [0.25, 0.3) is 0 Å². The number of aromatic nitrogens is 2. The number of piperidine rings is 1. The second-order valence-corrected chi connectivity index (χ2v) is 5.77. The molecule has 1 amide bonds. The third-order valence-electron chi connectivity index (χ3n) is 3.95. The molecular weight excluding hydrogens is 292 g/mol. The minimum atomic E-state index is -0.252. The van der Waals surface area contributed by atoms with Crippen LogP contribution in [0.3, 0.4) is 0 Å². The van der Waals surface area contributed by atoms with E-state index in [1.165, 1.54) is 12.4 Å². The van der Waals surface area contributed by atoms with Crippen LogP contribution in [-0.2, 0) is 4.79 Å². The van der Waals surface area contributed by atoms with Crippen LogP contribution in [0.1, 0.15) is 25.5 Å². The normalized spacial score (nSPS) is 16.0. The molecule has 1 saturated heterocycles. The molecule has 0 atom stereocenters. The first kappa shape index (κ1) is 15.3. The predicted molar refractivity (Wildman–Crippen MR) is 89.0 cm³/mol. The second kappa shape index (κ2) is 7.09. The van der Waals surface area contributed by atoms with Gasteiger partial charge in [0.15, 0.2) is 0 Å². The first-order valence-corrected chi connectivity index (χ1v) is 7.80. The molecule has 0 bridgehead atoms. The number of rotatable bonds is 4. The molecule has 0 saturated carbocycles. The molecule has 1 fully saturated rings. The van der Waals surface area contributed by atoms with Crippen molar-refractivity contribution in [2.24, 2.45) is 5.92 Å². The van der Waals surface area contributed by atoms with Crippen molar-refractivity contribution in [1.29, 1.82) is 0 Å². The highest BCUT2D eigenvalue weighted by molar-refractivity contribution is 6.01. The molecule has 3 heterocycles. The highest BCUT2D eigenvalue weighted by atomic mass is 16.3. The van der Waals surface area contributed by atoms with Crippen LogP contribution in [0.5, 0.6) is 0 Å². The Morgan fingerprint density at radius 1 is 1.39 bits per heavy atom. The van der Waals surface area contributed by atoms with Crippen LogP contribution in [0.4, 0.5) is 11.6 Å². The van der Waals surface area contributed by atoms with Crippen LogP contribution in [0.25, 0.3) is 6.08 Å². The minimum Gasteiger partial charge on any atom is -0.465 e. The number of hydrogen-bond acceptors (Lipinski definition) is 5. The van der Waals surface area contributed by atoms with Crippen molar-refractivity contribution in [1.82, 2.24) is 9.97 Å². The predicted octanol–water partition coefficient (Wildman–Crippen LogP) is 2.96. The van der Waals surface area contributed by atoms with Gasteiger partial charge < -0.3 is 14.6 Å². The standard InChI is InChI=1S/C17H20N4O2/c1-13-6-8-21(9-7-13)16-11-15(18-12-19-16)20-17(22)5-4-14-3-2-10-23-14/h2-5,10-13H,6-9H2,1H3,(H,18,19,20,22)/b5-4+. The van der Waals surface area contributed by atoms with Crippen molar-refractivity contribution in [3.05, 3.63) is 42.6 Å². The Labute approximate surface area is 135 Å². The van der Waals surface area contributed by atoms with Crippen molar-refractivity contribution in [3.8, 4) is 0 Å². The molecule has 0 aliphatic carbocycles. The fourth-order valence-electron chi connectivity index (χ4n) is 2.54. The summed E-state index contributed by atoms with van der Waals surface area (Å²) < 4.78 is 5.14. The van der Waals surface area contributed by atoms with Gasteiger partial charge in [-0.05, 0) is 37.0 Å². The maximum absolute atomic E-state index is 11.9. The molecular formula is C17H20N4O2. The van der Waals surface area contributed by atoms with Crippen molar-refractivity contribution < 1.29 is 9.21 Å². The van der Waals surface area contributed by atoms with Gasteiger partial charge >= 0.3 is 0 Å². The van der Waals surface area contributed by atoms with Crippen LogP contribution in [0.2, 0.25) is 0 Å². The zero-order valence-electron chi connectivity index (χ0n) is 13.1. The van der Waals surface area contributed by atoms with Crippen molar-refractivity contribution in [3.63, 3.8) is 0 Å². The molecule has 23 heavy (non-hydrogen) atoms. The fraction of sp³-hybridized carbons (Fsp3) is 0.353. The SMILES string of the molecule is CC1CCN(c2cc(NC(=O)/C=C/c3ccco3)ncn2)CC1. The van der Waals surface area contributed by atoms with Gasteiger partial charge in [0.1, 0.15) is 23.7 Å². The first-order valence-electron chi connectivity index (χ1n) is 7.80. The molecule has 0 radical (unpaired) electrons. The lowest BCUT2D eigenvalue weighted by molar-refractivity contribution is -0.111. The number of carbonyl (C=O) groups excluding carboxylic acids is 1. The number of amides is 1. The Morgan fingerprint density at radius 2 is 2.22 bits per heavy atom. The number of nitrogens with zero attached hydrogens (tertiary/aromatic N) is 3. The molecule has 6 heteroatoms. The summed E-state index contributed by atoms with van der Waals surface area (Å²) in [5, 5.41) is 2.75. The first-order chi connectivity index (χ1) is 11.2. The minimum absolute atomic E-state index is 0.252. The summed E-state index contributed by atoms with van der Waals surface area (Å²) in [6, 6.07) is 5.37. The molecule has 1 N–H and O–H groups in total. The van der Waals surface area contributed by atoms with Crippen LogP contribution in [-0.4, -0.2) is 29.0 Å². The summed E-state index contributed by atoms with van der Waals surface area (Å²) in [6.07, 6.45) is 8.41. The molecule has 6 nitrogen and oxygen atoms in total. The summed E-state index contributed by atoms with van der Waals surface area (Å²) >= 11 is 0. The molecule has 3 rings (SSSR count). The smallest absolute Gasteiger partial charge is 0.249 e. The third-order valence-corrected chi connectivity index (χ3v) is 3.95. The third kappa shape index (κ3) is 4.18. The summed E-state index contributed by atoms with van der Waals surface area (Å²) in [7, 11) is 0. The Bertz CT molecular complexity index is 674. The maximum Gasteiger partial charge on any atom is 0.249 e. The lowest BCUT2D eigenvalue weighted by Crippen LogP contribution is -2.33. The summed E-state index contributed by atoms with van der Waals surface area (Å²) in [4.78, 5) is 22.6. The van der Waals surface area contributed by atoms with Gasteiger partial charge in [-0.2, -0.15) is 0 Å². The average Bonchev–Trinajstić information content (AvgIpc) is 3.07. The number of anilines is 2. The van der Waals surface area contributed by atoms with Crippen LogP contribution < -0.4 is 10.2 Å². The zero-order valence-corrected chi connectivity index (χ0v) is 13.1. The maximum atomic E-state index is 11.9. The molecule has 0 unspecified atom stereocenters. The highest BCUT2D eigenvalue weighted by Crippen LogP contribution is 2.22. The Kier molecular flexibility index (Phi) is 4.71. The average molecular weight is 312 g/mol. The van der Waals surface area contributed by atoms with E-state index in [0.717, 1.165) is 37.7 Å². The zero-order chi connectivity index (χ0) is 16.1. The van der Waals surface area contributed by atoms with Crippen LogP contribution >= 0.6 is 0 Å². The highest BCUT2D eigenvalue weighted by Gasteiger charge is 2.17. The van der Waals surface area contributed by atoms with Crippen molar-refractivity contribution >= 4 is 23.6 Å². The fourth-order valence-corrected chi connectivity index (χ4v) is 2.54. The van der Waals surface area contributed by atoms with E-state index in [1.807, 2.05) is 6.07 Å². The largest absolute Gasteiger partial charge is 0.465 e. The number of carbonyl (C=O) groups is 1. The molecule has 1 aliphatic heterocycles. The van der Waals surface area contributed by atoms with E-state index in [0.29, 0.717) is 11.6 Å². The van der Waals surface area contributed by atoms with Gasteiger partial charge in [-0.15, -0.1) is 0 Å². The van der Waals surface area contributed by atoms with E-state index in [2.05, 4.69) is 27.1 Å². The van der Waals surface area contributed by atoms with Gasteiger partial charge in [-0.3, -0.25) is 4.79 Å². The van der Waals surface area contributed by atoms with Gasteiger partial charge in [0, 0.05) is 25.2 Å². The van der Waals surface area contributed by atoms with E-state index >= 15 is 0 Å². The van der Waals surface area contributed by atoms with Crippen molar-refractivity contribution in [2.75, 3.05) is 23.3 Å². The molecule has 0 spiro atoms. The van der Waals surface area contributed by atoms with E-state index in [9.17, 15) is 4.79 Å². The summed E-state index contributed by atoms with van der Waals surface area (Å²) in [5.41, 5.74) is 0. The van der Waals surface area contributed by atoms with Gasteiger partial charge in [0.2, 0.25) is 5.91 Å². The topological polar surface area (TPSA) is 71.3 Å². The lowest BCUT2D eigenvalue weighted by atomic mass is 9.99. The van der Waals surface area contributed by atoms with Crippen LogP contribution in [0.15, 0.2) is 41.3 Å². The van der Waals surface area contributed by atoms with E-state index < -0.39 is 0 Å². The van der Waals surface area contributed by atoms with Gasteiger partial charge in [-0.1, -0.05) is 6.92 Å². The monoisotopic (exact) mass is 312 g/mol. The van der Waals surface area contributed by atoms with Gasteiger partial charge in [-0.25, -0.2) is 9.97 Å². The Balaban J connectivity index is 1.62. The summed E-state index contributed by atoms with van der Waals surface area (Å²) in [6.45, 7) is 4.25. The van der Waals surface area contributed by atoms with E-state index in [1.54, 1.807) is 24.5 Å². The quantitative estimate of drug-likeness (QED) is 0.879. The second-order valence-electron chi connectivity index (χ2n) is 5.77. The molecule has 2 aromatic heterocycles. The van der Waals surface area contributed by atoms with Gasteiger partial charge in [0.05, 0.1) is 6.26 Å². The summed E-state index contributed by atoms with van der Waals surface area (Å²) in [5.74, 6) is 2.50. The van der Waals surface area contributed by atoms with E-state index in [-0.39, 0.29) is 5.91 Å². The Morgan fingerprint density at radius 3 is 2.96 bits per heavy atom. The molecule has 120 valence electrons. The van der Waals surface area contributed by atoms with Crippen LogP contribution in [0, 0.1) is 5.92 Å². The number of furan rings is 1. The molecule has 1 aliphatic rings.